The minimum Gasteiger partial charge on any atom is -0.309 e. The average molecular weight is 308 g/mol. The van der Waals surface area contributed by atoms with Crippen LogP contribution in [0.5, 0.6) is 0 Å². The van der Waals surface area contributed by atoms with E-state index in [1.165, 1.54) is 0 Å². The smallest absolute Gasteiger partial charge is 0.137 e. The van der Waals surface area contributed by atoms with Crippen molar-refractivity contribution in [2.24, 2.45) is 0 Å². The lowest BCUT2D eigenvalue weighted by molar-refractivity contribution is 0.478. The van der Waals surface area contributed by atoms with Crippen molar-refractivity contribution in [1.29, 1.82) is 0 Å². The molecule has 1 aliphatic heterocycles. The Bertz CT molecular complexity index is 571. The average Bonchev–Trinajstić information content (AvgIpc) is 2.99. The van der Waals surface area contributed by atoms with Crippen LogP contribution < -0.4 is 5.32 Å². The number of thiazole rings is 1. The largest absolute Gasteiger partial charge is 0.309 e. The van der Waals surface area contributed by atoms with Gasteiger partial charge in [0.15, 0.2) is 0 Å². The molecule has 3 rings (SSSR count). The van der Waals surface area contributed by atoms with Gasteiger partial charge in [-0.1, -0.05) is 19.1 Å². The zero-order valence-electron chi connectivity index (χ0n) is 11.3. The molecule has 0 fully saturated rings. The third kappa shape index (κ3) is 2.90. The zero-order chi connectivity index (χ0) is 13.9. The number of nitrogens with zero attached hydrogens (tertiary/aromatic N) is 1. The topological polar surface area (TPSA) is 24.9 Å². The number of aromatic nitrogens is 1. The lowest BCUT2D eigenvalue weighted by Crippen LogP contribution is -2.28. The predicted molar refractivity (Wildman–Crippen MR) is 83.0 cm³/mol. The highest BCUT2D eigenvalue weighted by molar-refractivity contribution is 7.99. The van der Waals surface area contributed by atoms with E-state index < -0.39 is 0 Å². The van der Waals surface area contributed by atoms with Crippen molar-refractivity contribution in [1.82, 2.24) is 10.3 Å². The summed E-state index contributed by atoms with van der Waals surface area (Å²) in [7, 11) is 0. The molecule has 0 saturated carbocycles. The maximum atomic E-state index is 13.8. The second kappa shape index (κ2) is 6.24. The zero-order valence-corrected chi connectivity index (χ0v) is 12.9. The number of hydrogen-bond donors (Lipinski definition) is 1. The molecule has 106 valence electrons. The lowest BCUT2D eigenvalue weighted by atomic mass is 10.0. The Morgan fingerprint density at radius 2 is 2.40 bits per heavy atom. The van der Waals surface area contributed by atoms with E-state index in [2.05, 4.69) is 17.2 Å². The Labute approximate surface area is 126 Å². The van der Waals surface area contributed by atoms with E-state index >= 15 is 0 Å². The number of benzene rings is 1. The van der Waals surface area contributed by atoms with Crippen LogP contribution in [0.1, 0.15) is 35.9 Å². The van der Waals surface area contributed by atoms with Gasteiger partial charge in [-0.15, -0.1) is 23.1 Å². The molecule has 2 aromatic rings. The number of halogens is 1. The standard InChI is InChI=1S/C15H17FN2S2/c1-10(15-17-6-8-20-15)9-18-13-5-7-19-14-11(13)3-2-4-12(14)16/h2-4,6,8,10,13,18H,5,7,9H2,1H3. The van der Waals surface area contributed by atoms with Crippen LogP contribution in [0.15, 0.2) is 34.7 Å². The molecular formula is C15H17FN2S2. The molecule has 1 aromatic heterocycles. The fourth-order valence-corrected chi connectivity index (χ4v) is 4.32. The molecule has 0 amide bonds. The number of rotatable bonds is 4. The summed E-state index contributed by atoms with van der Waals surface area (Å²) in [6.45, 7) is 3.05. The van der Waals surface area contributed by atoms with E-state index in [9.17, 15) is 4.39 Å². The lowest BCUT2D eigenvalue weighted by Gasteiger charge is -2.27. The first-order valence-electron chi connectivity index (χ1n) is 6.79. The quantitative estimate of drug-likeness (QED) is 0.915. The summed E-state index contributed by atoms with van der Waals surface area (Å²) in [6.07, 6.45) is 2.89. The number of nitrogens with one attached hydrogen (secondary N) is 1. The number of fused-ring (bicyclic) bond motifs is 1. The highest BCUT2D eigenvalue weighted by Gasteiger charge is 2.23. The first kappa shape index (κ1) is 14.0. The Morgan fingerprint density at radius 1 is 1.50 bits per heavy atom. The molecule has 20 heavy (non-hydrogen) atoms. The monoisotopic (exact) mass is 308 g/mol. The van der Waals surface area contributed by atoms with E-state index in [4.69, 9.17) is 0 Å². The molecule has 5 heteroatoms. The predicted octanol–water partition coefficient (Wildman–Crippen LogP) is 4.21. The van der Waals surface area contributed by atoms with Gasteiger partial charge in [-0.25, -0.2) is 9.37 Å². The van der Waals surface area contributed by atoms with Gasteiger partial charge in [0.1, 0.15) is 5.82 Å². The van der Waals surface area contributed by atoms with Crippen molar-refractivity contribution >= 4 is 23.1 Å². The summed E-state index contributed by atoms with van der Waals surface area (Å²) in [5.74, 6) is 1.27. The Balaban J connectivity index is 1.69. The molecule has 1 N–H and O–H groups in total. The molecular weight excluding hydrogens is 291 g/mol. The minimum absolute atomic E-state index is 0.0908. The first-order valence-corrected chi connectivity index (χ1v) is 8.66. The summed E-state index contributed by atoms with van der Waals surface area (Å²) in [6, 6.07) is 5.64. The molecule has 0 spiro atoms. The maximum Gasteiger partial charge on any atom is 0.137 e. The first-order chi connectivity index (χ1) is 9.75. The molecule has 2 nitrogen and oxygen atoms in total. The van der Waals surface area contributed by atoms with Crippen molar-refractivity contribution in [3.8, 4) is 0 Å². The Morgan fingerprint density at radius 3 is 3.20 bits per heavy atom. The van der Waals surface area contributed by atoms with Gasteiger partial charge < -0.3 is 5.32 Å². The van der Waals surface area contributed by atoms with Crippen LogP contribution in [0.4, 0.5) is 4.39 Å². The van der Waals surface area contributed by atoms with E-state index in [1.807, 2.05) is 17.6 Å². The van der Waals surface area contributed by atoms with Gasteiger partial charge in [-0.2, -0.15) is 0 Å². The van der Waals surface area contributed by atoms with Crippen LogP contribution >= 0.6 is 23.1 Å². The van der Waals surface area contributed by atoms with Crippen molar-refractivity contribution in [2.45, 2.75) is 30.2 Å². The van der Waals surface area contributed by atoms with Crippen molar-refractivity contribution in [2.75, 3.05) is 12.3 Å². The second-order valence-electron chi connectivity index (χ2n) is 5.03. The number of hydrogen-bond acceptors (Lipinski definition) is 4. The summed E-state index contributed by atoms with van der Waals surface area (Å²) < 4.78 is 13.8. The van der Waals surface area contributed by atoms with Crippen molar-refractivity contribution < 1.29 is 4.39 Å². The molecule has 0 bridgehead atoms. The van der Waals surface area contributed by atoms with Crippen LogP contribution in [0, 0.1) is 5.82 Å². The third-order valence-electron chi connectivity index (χ3n) is 3.57. The molecule has 1 aliphatic rings. The minimum atomic E-state index is -0.0908. The Hall–Kier alpha value is -0.910. The van der Waals surface area contributed by atoms with E-state index in [0.29, 0.717) is 5.92 Å². The molecule has 0 radical (unpaired) electrons. The van der Waals surface area contributed by atoms with Crippen LogP contribution in [-0.4, -0.2) is 17.3 Å². The summed E-state index contributed by atoms with van der Waals surface area (Å²) in [5, 5.41) is 6.74. The molecule has 1 aromatic carbocycles. The normalized spacial score (nSPS) is 19.6. The maximum absolute atomic E-state index is 13.8. The molecule has 2 unspecified atom stereocenters. The number of thioether (sulfide) groups is 1. The molecule has 0 saturated heterocycles. The van der Waals surface area contributed by atoms with Gasteiger partial charge in [0, 0.05) is 35.0 Å². The molecule has 2 atom stereocenters. The second-order valence-corrected chi connectivity index (χ2v) is 7.06. The third-order valence-corrected chi connectivity index (χ3v) is 5.74. The van der Waals surface area contributed by atoms with Gasteiger partial charge in [0.25, 0.3) is 0 Å². The SMILES string of the molecule is CC(CNC1CCSc2c(F)cccc21)c1nccs1. The Kier molecular flexibility index (Phi) is 4.38. The van der Waals surface area contributed by atoms with Crippen molar-refractivity contribution in [3.63, 3.8) is 0 Å². The van der Waals surface area contributed by atoms with E-state index in [0.717, 1.165) is 34.2 Å². The molecule has 0 aliphatic carbocycles. The van der Waals surface area contributed by atoms with Gasteiger partial charge in [0.2, 0.25) is 0 Å². The van der Waals surface area contributed by atoms with E-state index in [-0.39, 0.29) is 11.9 Å². The van der Waals surface area contributed by atoms with Gasteiger partial charge in [-0.05, 0) is 23.8 Å². The van der Waals surface area contributed by atoms with Crippen molar-refractivity contribution in [3.05, 3.63) is 46.2 Å². The summed E-state index contributed by atoms with van der Waals surface area (Å²) in [5.41, 5.74) is 1.10. The highest BCUT2D eigenvalue weighted by Crippen LogP contribution is 2.37. The van der Waals surface area contributed by atoms with Gasteiger partial charge >= 0.3 is 0 Å². The van der Waals surface area contributed by atoms with Crippen LogP contribution in [0.2, 0.25) is 0 Å². The van der Waals surface area contributed by atoms with Gasteiger partial charge in [-0.3, -0.25) is 0 Å². The van der Waals surface area contributed by atoms with E-state index in [1.54, 1.807) is 35.2 Å². The van der Waals surface area contributed by atoms with Crippen LogP contribution in [-0.2, 0) is 0 Å². The van der Waals surface area contributed by atoms with Crippen LogP contribution in [0.25, 0.3) is 0 Å². The van der Waals surface area contributed by atoms with Crippen LogP contribution in [0.3, 0.4) is 0 Å². The molecule has 2 heterocycles. The summed E-state index contributed by atoms with van der Waals surface area (Å²) in [4.78, 5) is 5.17. The fraction of sp³-hybridized carbons (Fsp3) is 0.400. The van der Waals surface area contributed by atoms with Gasteiger partial charge in [0.05, 0.1) is 5.01 Å². The fourth-order valence-electron chi connectivity index (χ4n) is 2.48. The highest BCUT2D eigenvalue weighted by atomic mass is 32.2. The summed E-state index contributed by atoms with van der Waals surface area (Å²) >= 11 is 3.32.